The van der Waals surface area contributed by atoms with E-state index in [1.165, 1.54) is 12.1 Å². The molecule has 1 unspecified atom stereocenters. The van der Waals surface area contributed by atoms with Crippen LogP contribution in [-0.4, -0.2) is 22.6 Å². The molecule has 6 heteroatoms. The first kappa shape index (κ1) is 15.2. The van der Waals surface area contributed by atoms with E-state index in [9.17, 15) is 23.1 Å². The summed E-state index contributed by atoms with van der Waals surface area (Å²) in [6.07, 6.45) is -2.80. The molecule has 1 N–H and O–H groups in total. The first-order chi connectivity index (χ1) is 9.39. The van der Waals surface area contributed by atoms with E-state index in [2.05, 4.69) is 0 Å². The van der Waals surface area contributed by atoms with E-state index in [0.717, 1.165) is 36.5 Å². The van der Waals surface area contributed by atoms with E-state index in [0.29, 0.717) is 5.56 Å². The molecule has 0 aliphatic carbocycles. The Morgan fingerprint density at radius 1 is 1.20 bits per heavy atom. The summed E-state index contributed by atoms with van der Waals surface area (Å²) in [6, 6.07) is 4.51. The van der Waals surface area contributed by atoms with Crippen LogP contribution in [0.5, 0.6) is 0 Å². The molecular weight excluding hydrogens is 289 g/mol. The van der Waals surface area contributed by atoms with Crippen molar-refractivity contribution in [2.75, 3.05) is 11.5 Å². The topological polar surface area (TPSA) is 37.3 Å². The predicted molar refractivity (Wildman–Crippen MR) is 71.9 cm³/mol. The van der Waals surface area contributed by atoms with Gasteiger partial charge in [0, 0.05) is 0 Å². The lowest BCUT2D eigenvalue weighted by Gasteiger charge is -2.27. The van der Waals surface area contributed by atoms with Crippen LogP contribution in [0, 0.1) is 5.92 Å². The quantitative estimate of drug-likeness (QED) is 0.916. The maximum absolute atomic E-state index is 12.5. The number of hydrogen-bond donors (Lipinski definition) is 1. The van der Waals surface area contributed by atoms with Crippen molar-refractivity contribution in [2.45, 2.75) is 24.9 Å². The highest BCUT2D eigenvalue weighted by Crippen LogP contribution is 2.37. The molecule has 2 rings (SSSR count). The van der Waals surface area contributed by atoms with Crippen LogP contribution in [0.4, 0.5) is 13.2 Å². The van der Waals surface area contributed by atoms with E-state index in [1.807, 2.05) is 0 Å². The lowest BCUT2D eigenvalue weighted by atomic mass is 9.82. The van der Waals surface area contributed by atoms with Crippen molar-refractivity contribution in [3.63, 3.8) is 0 Å². The number of benzene rings is 1. The minimum absolute atomic E-state index is 0.00508. The molecule has 110 valence electrons. The van der Waals surface area contributed by atoms with Crippen LogP contribution in [0.1, 0.15) is 29.9 Å². The maximum Gasteiger partial charge on any atom is 0.416 e. The van der Waals surface area contributed by atoms with E-state index < -0.39 is 23.6 Å². The molecule has 0 aromatic heterocycles. The van der Waals surface area contributed by atoms with Gasteiger partial charge in [0.25, 0.3) is 0 Å². The molecule has 1 fully saturated rings. The van der Waals surface area contributed by atoms with E-state index >= 15 is 0 Å². The number of carboxylic acids is 1. The molecule has 0 spiro atoms. The molecule has 1 atom stereocenters. The predicted octanol–water partition coefficient (Wildman–Crippen LogP) is 4.02. The summed E-state index contributed by atoms with van der Waals surface area (Å²) in [6.45, 7) is 0. The summed E-state index contributed by atoms with van der Waals surface area (Å²) in [5.41, 5.74) is -0.285. The molecule has 2 nitrogen and oxygen atoms in total. The second-order valence-electron chi connectivity index (χ2n) is 4.89. The summed E-state index contributed by atoms with van der Waals surface area (Å²) in [5, 5.41) is 9.38. The number of carbonyl (C=O) groups is 1. The fraction of sp³-hybridized carbons (Fsp3) is 0.500. The smallest absolute Gasteiger partial charge is 0.416 e. The molecule has 1 aromatic carbocycles. The molecular formula is C14H15F3O2S. The normalized spacial score (nSPS) is 18.8. The summed E-state index contributed by atoms with van der Waals surface area (Å²) in [5.74, 6) is 0.162. The Bertz CT molecular complexity index is 464. The van der Waals surface area contributed by atoms with Gasteiger partial charge in [-0.2, -0.15) is 24.9 Å². The Kier molecular flexibility index (Phi) is 4.62. The number of rotatable bonds is 3. The number of alkyl halides is 3. The highest BCUT2D eigenvalue weighted by Gasteiger charge is 2.33. The molecule has 0 bridgehead atoms. The van der Waals surface area contributed by atoms with Gasteiger partial charge in [-0.3, -0.25) is 4.79 Å². The number of carboxylic acid groups (broad SMARTS) is 1. The minimum atomic E-state index is -4.39. The standard InChI is InChI=1S/C14H15F3O2S/c15-14(16,17)11-3-1-9(2-4-11)12(13(18)19)10-5-7-20-8-6-10/h1-4,10,12H,5-8H2,(H,18,19). The van der Waals surface area contributed by atoms with Gasteiger partial charge in [-0.15, -0.1) is 0 Å². The maximum atomic E-state index is 12.5. The van der Waals surface area contributed by atoms with Crippen molar-refractivity contribution >= 4 is 17.7 Å². The fourth-order valence-electron chi connectivity index (χ4n) is 2.54. The first-order valence-corrected chi connectivity index (χ1v) is 7.53. The van der Waals surface area contributed by atoms with Crippen molar-refractivity contribution in [1.82, 2.24) is 0 Å². The van der Waals surface area contributed by atoms with Crippen LogP contribution >= 0.6 is 11.8 Å². The summed E-state index contributed by atoms with van der Waals surface area (Å²) in [7, 11) is 0. The van der Waals surface area contributed by atoms with Gasteiger partial charge in [-0.05, 0) is 48.0 Å². The average molecular weight is 304 g/mol. The molecule has 0 saturated carbocycles. The van der Waals surface area contributed by atoms with Gasteiger partial charge in [0.1, 0.15) is 0 Å². The van der Waals surface area contributed by atoms with Gasteiger partial charge in [0.2, 0.25) is 0 Å². The third kappa shape index (κ3) is 3.48. The Morgan fingerprint density at radius 2 is 1.75 bits per heavy atom. The SMILES string of the molecule is O=C(O)C(c1ccc(C(F)(F)F)cc1)C1CCSCC1. The van der Waals surface area contributed by atoms with Crippen LogP contribution in [0.15, 0.2) is 24.3 Å². The Labute approximate surface area is 119 Å². The lowest BCUT2D eigenvalue weighted by molar-refractivity contribution is -0.140. The number of hydrogen-bond acceptors (Lipinski definition) is 2. The molecule has 1 aliphatic rings. The van der Waals surface area contributed by atoms with Gasteiger partial charge < -0.3 is 5.11 Å². The minimum Gasteiger partial charge on any atom is -0.481 e. The van der Waals surface area contributed by atoms with Crippen LogP contribution < -0.4 is 0 Å². The van der Waals surface area contributed by atoms with Gasteiger partial charge in [-0.25, -0.2) is 0 Å². The second kappa shape index (κ2) is 6.08. The Morgan fingerprint density at radius 3 is 2.20 bits per heavy atom. The molecule has 1 saturated heterocycles. The van der Waals surface area contributed by atoms with Crippen LogP contribution in [0.25, 0.3) is 0 Å². The zero-order chi connectivity index (χ0) is 14.8. The molecule has 1 heterocycles. The Balaban J connectivity index is 2.23. The zero-order valence-corrected chi connectivity index (χ0v) is 11.5. The largest absolute Gasteiger partial charge is 0.481 e. The van der Waals surface area contributed by atoms with Gasteiger partial charge in [0.15, 0.2) is 0 Å². The molecule has 1 aromatic rings. The van der Waals surface area contributed by atoms with Crippen molar-refractivity contribution < 1.29 is 23.1 Å². The molecule has 20 heavy (non-hydrogen) atoms. The summed E-state index contributed by atoms with van der Waals surface area (Å²) in [4.78, 5) is 11.5. The third-order valence-corrected chi connectivity index (χ3v) is 4.65. The monoisotopic (exact) mass is 304 g/mol. The van der Waals surface area contributed by atoms with Gasteiger partial charge >= 0.3 is 12.1 Å². The van der Waals surface area contributed by atoms with Crippen LogP contribution in [0.2, 0.25) is 0 Å². The molecule has 0 amide bonds. The summed E-state index contributed by atoms with van der Waals surface area (Å²) < 4.78 is 37.5. The van der Waals surface area contributed by atoms with Crippen molar-refractivity contribution in [3.05, 3.63) is 35.4 Å². The highest BCUT2D eigenvalue weighted by atomic mass is 32.2. The summed E-state index contributed by atoms with van der Waals surface area (Å²) >= 11 is 1.79. The van der Waals surface area contributed by atoms with Crippen molar-refractivity contribution in [3.8, 4) is 0 Å². The van der Waals surface area contributed by atoms with E-state index in [1.54, 1.807) is 11.8 Å². The first-order valence-electron chi connectivity index (χ1n) is 6.37. The number of thioether (sulfide) groups is 1. The van der Waals surface area contributed by atoms with Crippen LogP contribution in [0.3, 0.4) is 0 Å². The van der Waals surface area contributed by atoms with Gasteiger partial charge in [0.05, 0.1) is 11.5 Å². The van der Waals surface area contributed by atoms with E-state index in [4.69, 9.17) is 0 Å². The second-order valence-corrected chi connectivity index (χ2v) is 6.11. The average Bonchev–Trinajstić information content (AvgIpc) is 2.39. The molecule has 1 aliphatic heterocycles. The molecule has 0 radical (unpaired) electrons. The lowest BCUT2D eigenvalue weighted by Crippen LogP contribution is -2.25. The number of halogens is 3. The fourth-order valence-corrected chi connectivity index (χ4v) is 3.69. The Hall–Kier alpha value is -1.17. The van der Waals surface area contributed by atoms with Crippen LogP contribution in [-0.2, 0) is 11.0 Å². The third-order valence-electron chi connectivity index (χ3n) is 3.60. The van der Waals surface area contributed by atoms with Gasteiger partial charge in [-0.1, -0.05) is 12.1 Å². The van der Waals surface area contributed by atoms with E-state index in [-0.39, 0.29) is 5.92 Å². The van der Waals surface area contributed by atoms with Crippen molar-refractivity contribution in [2.24, 2.45) is 5.92 Å². The van der Waals surface area contributed by atoms with Crippen molar-refractivity contribution in [1.29, 1.82) is 0 Å². The highest BCUT2D eigenvalue weighted by molar-refractivity contribution is 7.99. The number of aliphatic carboxylic acids is 1. The zero-order valence-electron chi connectivity index (χ0n) is 10.7.